The molecule has 0 atom stereocenters. The Morgan fingerprint density at radius 3 is 2.36 bits per heavy atom. The Kier molecular flexibility index (Phi) is 5.62. The minimum Gasteiger partial charge on any atom is -0.345 e. The zero-order valence-corrected chi connectivity index (χ0v) is 18.8. The summed E-state index contributed by atoms with van der Waals surface area (Å²) in [4.78, 5) is 40.2. The van der Waals surface area contributed by atoms with Crippen LogP contribution in [0.5, 0.6) is 0 Å². The van der Waals surface area contributed by atoms with E-state index in [9.17, 15) is 14.4 Å². The summed E-state index contributed by atoms with van der Waals surface area (Å²) in [5, 5.41) is 5.12. The van der Waals surface area contributed by atoms with E-state index in [0.717, 1.165) is 24.9 Å². The molecule has 2 heterocycles. The summed E-state index contributed by atoms with van der Waals surface area (Å²) in [5.74, 6) is -1.11. The minimum atomic E-state index is -0.531. The van der Waals surface area contributed by atoms with Gasteiger partial charge < -0.3 is 19.7 Å². The van der Waals surface area contributed by atoms with Crippen molar-refractivity contribution in [1.29, 1.82) is 0 Å². The van der Waals surface area contributed by atoms with Crippen LogP contribution < -0.4 is 5.32 Å². The lowest BCUT2D eigenvalue weighted by molar-refractivity contribution is -0.148. The van der Waals surface area contributed by atoms with Crippen molar-refractivity contribution in [1.82, 2.24) is 19.7 Å². The third kappa shape index (κ3) is 4.23. The van der Waals surface area contributed by atoms with Crippen molar-refractivity contribution in [3.05, 3.63) is 54.1 Å². The van der Waals surface area contributed by atoms with Crippen LogP contribution in [0, 0.1) is 0 Å². The molecule has 0 unspecified atom stereocenters. The molecule has 1 aliphatic heterocycles. The summed E-state index contributed by atoms with van der Waals surface area (Å²) in [7, 11) is 0. The van der Waals surface area contributed by atoms with Gasteiger partial charge in [0.25, 0.3) is 0 Å². The molecule has 3 amide bonds. The standard InChI is InChI=1S/C26H28N4O3/c1-2-30-22-6-4-3-5-20(22)21-17-18(7-11-23(21)30)8-12-24(31)28-13-15-29(16-14-28)26(33)25(32)27-19-9-10-19/h3-8,11-12,17,19H,2,9-10,13-16H2,1H3,(H,27,32)/b12-8+. The maximum absolute atomic E-state index is 12.7. The summed E-state index contributed by atoms with van der Waals surface area (Å²) in [6.07, 6.45) is 5.33. The van der Waals surface area contributed by atoms with Crippen molar-refractivity contribution in [3.63, 3.8) is 0 Å². The summed E-state index contributed by atoms with van der Waals surface area (Å²) in [5.41, 5.74) is 3.37. The number of nitrogens with one attached hydrogen (secondary N) is 1. The van der Waals surface area contributed by atoms with Crippen molar-refractivity contribution >= 4 is 45.6 Å². The number of aryl methyl sites for hydroxylation is 1. The predicted molar refractivity (Wildman–Crippen MR) is 128 cm³/mol. The number of fused-ring (bicyclic) bond motifs is 3. The SMILES string of the molecule is CCn1c2ccccc2c2cc(/C=C/C(=O)N3CCN(C(=O)C(=O)NC4CC4)CC3)ccc21. The number of amides is 3. The smallest absolute Gasteiger partial charge is 0.312 e. The van der Waals surface area contributed by atoms with Gasteiger partial charge in [0.1, 0.15) is 0 Å². The molecule has 0 bridgehead atoms. The first kappa shape index (κ1) is 21.2. The Labute approximate surface area is 192 Å². The number of rotatable bonds is 4. The molecule has 3 aromatic rings. The van der Waals surface area contributed by atoms with Gasteiger partial charge in [0.05, 0.1) is 0 Å². The number of piperazine rings is 1. The zero-order valence-electron chi connectivity index (χ0n) is 18.8. The predicted octanol–water partition coefficient (Wildman–Crippen LogP) is 2.78. The van der Waals surface area contributed by atoms with Gasteiger partial charge in [0.2, 0.25) is 5.91 Å². The highest BCUT2D eigenvalue weighted by atomic mass is 16.2. The lowest BCUT2D eigenvalue weighted by Gasteiger charge is -2.33. The molecule has 7 nitrogen and oxygen atoms in total. The Bertz CT molecular complexity index is 1260. The van der Waals surface area contributed by atoms with Gasteiger partial charge in [-0.15, -0.1) is 0 Å². The molecule has 1 saturated heterocycles. The van der Waals surface area contributed by atoms with E-state index in [-0.39, 0.29) is 11.9 Å². The normalized spacial score (nSPS) is 16.6. The third-order valence-corrected chi connectivity index (χ3v) is 6.52. The van der Waals surface area contributed by atoms with Gasteiger partial charge in [0, 0.05) is 66.6 Å². The third-order valence-electron chi connectivity index (χ3n) is 6.52. The molecular formula is C26H28N4O3. The maximum Gasteiger partial charge on any atom is 0.312 e. The highest BCUT2D eigenvalue weighted by molar-refractivity contribution is 6.35. The average molecular weight is 445 g/mol. The van der Waals surface area contributed by atoms with Crippen molar-refractivity contribution in [2.45, 2.75) is 32.4 Å². The molecular weight excluding hydrogens is 416 g/mol. The first-order valence-electron chi connectivity index (χ1n) is 11.6. The summed E-state index contributed by atoms with van der Waals surface area (Å²) in [6.45, 7) is 4.64. The lowest BCUT2D eigenvalue weighted by atomic mass is 10.1. The molecule has 5 rings (SSSR count). The highest BCUT2D eigenvalue weighted by Gasteiger charge is 2.31. The van der Waals surface area contributed by atoms with Gasteiger partial charge in [0.15, 0.2) is 0 Å². The Morgan fingerprint density at radius 1 is 0.939 bits per heavy atom. The van der Waals surface area contributed by atoms with Gasteiger partial charge in [-0.2, -0.15) is 0 Å². The van der Waals surface area contributed by atoms with Gasteiger partial charge in [-0.3, -0.25) is 14.4 Å². The van der Waals surface area contributed by atoms with Crippen LogP contribution in [-0.2, 0) is 20.9 Å². The monoisotopic (exact) mass is 444 g/mol. The fourth-order valence-corrected chi connectivity index (χ4v) is 4.54. The van der Waals surface area contributed by atoms with E-state index >= 15 is 0 Å². The van der Waals surface area contributed by atoms with Crippen molar-refractivity contribution < 1.29 is 14.4 Å². The summed E-state index contributed by atoms with van der Waals surface area (Å²) in [6, 6.07) is 14.8. The largest absolute Gasteiger partial charge is 0.345 e. The molecule has 33 heavy (non-hydrogen) atoms. The van der Waals surface area contributed by atoms with E-state index in [1.165, 1.54) is 26.7 Å². The van der Waals surface area contributed by atoms with E-state index < -0.39 is 11.8 Å². The fourth-order valence-electron chi connectivity index (χ4n) is 4.54. The van der Waals surface area contributed by atoms with Crippen LogP contribution in [0.15, 0.2) is 48.5 Å². The first-order chi connectivity index (χ1) is 16.0. The van der Waals surface area contributed by atoms with Gasteiger partial charge >= 0.3 is 11.8 Å². The Balaban J connectivity index is 1.24. The molecule has 170 valence electrons. The Morgan fingerprint density at radius 2 is 1.64 bits per heavy atom. The second-order valence-electron chi connectivity index (χ2n) is 8.74. The van der Waals surface area contributed by atoms with E-state index in [0.29, 0.717) is 26.2 Å². The van der Waals surface area contributed by atoms with Crippen molar-refractivity contribution in [2.24, 2.45) is 0 Å². The van der Waals surface area contributed by atoms with E-state index in [1.54, 1.807) is 11.0 Å². The molecule has 1 saturated carbocycles. The number of carbonyl (C=O) groups excluding carboxylic acids is 3. The van der Waals surface area contributed by atoms with Crippen LogP contribution >= 0.6 is 0 Å². The molecule has 2 aromatic carbocycles. The summed E-state index contributed by atoms with van der Waals surface area (Å²) >= 11 is 0. The van der Waals surface area contributed by atoms with E-state index in [2.05, 4.69) is 47.1 Å². The van der Waals surface area contributed by atoms with Crippen LogP contribution in [0.25, 0.3) is 27.9 Å². The van der Waals surface area contributed by atoms with Crippen LogP contribution in [-0.4, -0.2) is 64.3 Å². The summed E-state index contributed by atoms with van der Waals surface area (Å²) < 4.78 is 2.30. The van der Waals surface area contributed by atoms with Crippen LogP contribution in [0.4, 0.5) is 0 Å². The van der Waals surface area contributed by atoms with Gasteiger partial charge in [-0.25, -0.2) is 0 Å². The number of carbonyl (C=O) groups is 3. The Hall–Kier alpha value is -3.61. The van der Waals surface area contributed by atoms with Gasteiger partial charge in [-0.05, 0) is 49.6 Å². The number of benzene rings is 2. The van der Waals surface area contributed by atoms with Crippen molar-refractivity contribution in [2.75, 3.05) is 26.2 Å². The lowest BCUT2D eigenvalue weighted by Crippen LogP contribution is -2.53. The molecule has 1 aliphatic carbocycles. The first-order valence-corrected chi connectivity index (χ1v) is 11.6. The second kappa shape index (κ2) is 8.73. The molecule has 2 fully saturated rings. The molecule has 7 heteroatoms. The van der Waals surface area contributed by atoms with E-state index in [4.69, 9.17) is 0 Å². The van der Waals surface area contributed by atoms with Crippen LogP contribution in [0.1, 0.15) is 25.3 Å². The number of hydrogen-bond acceptors (Lipinski definition) is 3. The van der Waals surface area contributed by atoms with Gasteiger partial charge in [-0.1, -0.05) is 24.3 Å². The molecule has 0 spiro atoms. The maximum atomic E-state index is 12.7. The molecule has 0 radical (unpaired) electrons. The quantitative estimate of drug-likeness (QED) is 0.497. The molecule has 1 aromatic heterocycles. The van der Waals surface area contributed by atoms with Crippen LogP contribution in [0.2, 0.25) is 0 Å². The number of nitrogens with zero attached hydrogens (tertiary/aromatic N) is 3. The number of para-hydroxylation sites is 1. The number of hydrogen-bond donors (Lipinski definition) is 1. The fraction of sp³-hybridized carbons (Fsp3) is 0.346. The molecule has 2 aliphatic rings. The average Bonchev–Trinajstić information content (AvgIpc) is 3.61. The number of aromatic nitrogens is 1. The van der Waals surface area contributed by atoms with Crippen LogP contribution in [0.3, 0.4) is 0 Å². The second-order valence-corrected chi connectivity index (χ2v) is 8.74. The highest BCUT2D eigenvalue weighted by Crippen LogP contribution is 2.30. The van der Waals surface area contributed by atoms with E-state index in [1.807, 2.05) is 18.2 Å². The van der Waals surface area contributed by atoms with Crippen molar-refractivity contribution in [3.8, 4) is 0 Å². The zero-order chi connectivity index (χ0) is 22.9. The molecule has 1 N–H and O–H groups in total. The minimum absolute atomic E-state index is 0.0828. The topological polar surface area (TPSA) is 74.7 Å².